The number of halogens is 1. The molecule has 1 aliphatic rings. The third-order valence-electron chi connectivity index (χ3n) is 3.45. The number of carbonyl (C=O) groups excluding carboxylic acids is 1. The average molecular weight is 249 g/mol. The van der Waals surface area contributed by atoms with Gasteiger partial charge in [-0.1, -0.05) is 0 Å². The summed E-state index contributed by atoms with van der Waals surface area (Å²) in [6.45, 7) is 6.66. The van der Waals surface area contributed by atoms with Gasteiger partial charge in [-0.3, -0.25) is 4.79 Å². The minimum Gasteiger partial charge on any atom is -0.336 e. The zero-order chi connectivity index (χ0) is 13.3. The summed E-state index contributed by atoms with van der Waals surface area (Å²) in [4.78, 5) is 14.4. The van der Waals surface area contributed by atoms with Crippen LogP contribution >= 0.6 is 0 Å². The molecule has 3 heteroatoms. The Bertz CT molecular complexity index is 452. The fourth-order valence-corrected chi connectivity index (χ4v) is 2.13. The van der Waals surface area contributed by atoms with Gasteiger partial charge in [-0.25, -0.2) is 4.39 Å². The van der Waals surface area contributed by atoms with E-state index < -0.39 is 0 Å². The Balaban J connectivity index is 2.20. The fraction of sp³-hybridized carbons (Fsp3) is 0.533. The Morgan fingerprint density at radius 2 is 2.11 bits per heavy atom. The highest BCUT2D eigenvalue weighted by Gasteiger charge is 2.29. The van der Waals surface area contributed by atoms with Crippen molar-refractivity contribution in [3.05, 3.63) is 35.1 Å². The summed E-state index contributed by atoms with van der Waals surface area (Å²) in [6, 6.07) is 4.55. The van der Waals surface area contributed by atoms with E-state index in [2.05, 4.69) is 0 Å². The number of nitrogens with zero attached hydrogens (tertiary/aromatic N) is 1. The molecule has 0 spiro atoms. The first kappa shape index (κ1) is 13.1. The van der Waals surface area contributed by atoms with Gasteiger partial charge >= 0.3 is 0 Å². The molecule has 1 aromatic carbocycles. The summed E-state index contributed by atoms with van der Waals surface area (Å²) < 4.78 is 13.1. The van der Waals surface area contributed by atoms with Gasteiger partial charge in [0, 0.05) is 18.2 Å². The van der Waals surface area contributed by atoms with Crippen LogP contribution in [0.4, 0.5) is 4.39 Å². The van der Waals surface area contributed by atoms with Gasteiger partial charge in [-0.15, -0.1) is 0 Å². The van der Waals surface area contributed by atoms with Crippen molar-refractivity contribution in [3.8, 4) is 0 Å². The van der Waals surface area contributed by atoms with Crippen LogP contribution in [0.15, 0.2) is 18.2 Å². The maximum absolute atomic E-state index is 13.1. The van der Waals surface area contributed by atoms with E-state index in [-0.39, 0.29) is 17.8 Å². The zero-order valence-electron chi connectivity index (χ0n) is 11.2. The number of hydrogen-bond donors (Lipinski definition) is 0. The Labute approximate surface area is 108 Å². The first-order valence-electron chi connectivity index (χ1n) is 6.56. The number of rotatable bonds is 4. The number of amides is 1. The van der Waals surface area contributed by atoms with Gasteiger partial charge in [0.15, 0.2) is 0 Å². The maximum Gasteiger partial charge on any atom is 0.254 e. The lowest BCUT2D eigenvalue weighted by atomic mass is 10.1. The first-order chi connectivity index (χ1) is 8.49. The lowest BCUT2D eigenvalue weighted by Crippen LogP contribution is -2.38. The van der Waals surface area contributed by atoms with Crippen molar-refractivity contribution in [1.82, 2.24) is 4.90 Å². The van der Waals surface area contributed by atoms with Crippen molar-refractivity contribution in [2.75, 3.05) is 6.54 Å². The van der Waals surface area contributed by atoms with E-state index in [1.807, 2.05) is 18.7 Å². The second-order valence-electron chi connectivity index (χ2n) is 5.45. The molecule has 1 saturated carbocycles. The monoisotopic (exact) mass is 249 g/mol. The van der Waals surface area contributed by atoms with Gasteiger partial charge < -0.3 is 4.90 Å². The fourth-order valence-electron chi connectivity index (χ4n) is 2.13. The second kappa shape index (κ2) is 5.09. The van der Waals surface area contributed by atoms with Crippen molar-refractivity contribution in [2.45, 2.75) is 39.7 Å². The standard InChI is InChI=1S/C15H20FNO/c1-10(2)17(9-12-4-5-12)15(18)14-7-6-13(16)8-11(14)3/h6-8,10,12H,4-5,9H2,1-3H3. The molecule has 0 unspecified atom stereocenters. The summed E-state index contributed by atoms with van der Waals surface area (Å²) in [5.41, 5.74) is 1.33. The van der Waals surface area contributed by atoms with E-state index in [0.29, 0.717) is 17.0 Å². The summed E-state index contributed by atoms with van der Waals surface area (Å²) >= 11 is 0. The largest absolute Gasteiger partial charge is 0.336 e. The Kier molecular flexibility index (Phi) is 3.69. The predicted molar refractivity (Wildman–Crippen MR) is 70.0 cm³/mol. The van der Waals surface area contributed by atoms with E-state index in [1.54, 1.807) is 13.0 Å². The van der Waals surface area contributed by atoms with Gasteiger partial charge in [-0.05, 0) is 63.3 Å². The van der Waals surface area contributed by atoms with Gasteiger partial charge in [0.05, 0.1) is 0 Å². The molecule has 0 heterocycles. The molecule has 0 saturated heterocycles. The number of aryl methyl sites for hydroxylation is 1. The van der Waals surface area contributed by atoms with Crippen LogP contribution in [-0.2, 0) is 0 Å². The van der Waals surface area contributed by atoms with Crippen LogP contribution in [0.25, 0.3) is 0 Å². The number of benzene rings is 1. The Hall–Kier alpha value is -1.38. The zero-order valence-corrected chi connectivity index (χ0v) is 11.2. The molecule has 0 aliphatic heterocycles. The highest BCUT2D eigenvalue weighted by molar-refractivity contribution is 5.95. The van der Waals surface area contributed by atoms with Crippen LogP contribution in [0.3, 0.4) is 0 Å². The molecule has 0 N–H and O–H groups in total. The molecule has 1 aromatic rings. The second-order valence-corrected chi connectivity index (χ2v) is 5.45. The maximum atomic E-state index is 13.1. The van der Waals surface area contributed by atoms with Gasteiger partial charge in [0.2, 0.25) is 0 Å². The van der Waals surface area contributed by atoms with E-state index >= 15 is 0 Å². The van der Waals surface area contributed by atoms with Crippen LogP contribution in [0.1, 0.15) is 42.6 Å². The molecular weight excluding hydrogens is 229 g/mol. The van der Waals surface area contributed by atoms with E-state index in [4.69, 9.17) is 0 Å². The molecule has 1 amide bonds. The van der Waals surface area contributed by atoms with E-state index in [1.165, 1.54) is 25.0 Å². The normalized spacial score (nSPS) is 14.9. The van der Waals surface area contributed by atoms with E-state index in [9.17, 15) is 9.18 Å². The molecule has 1 aliphatic carbocycles. The van der Waals surface area contributed by atoms with Crippen LogP contribution in [0.2, 0.25) is 0 Å². The van der Waals surface area contributed by atoms with Gasteiger partial charge in [0.25, 0.3) is 5.91 Å². The predicted octanol–water partition coefficient (Wildman–Crippen LogP) is 3.39. The molecule has 0 atom stereocenters. The van der Waals surface area contributed by atoms with Crippen molar-refractivity contribution < 1.29 is 9.18 Å². The minimum absolute atomic E-state index is 0.0226. The highest BCUT2D eigenvalue weighted by Crippen LogP contribution is 2.31. The molecule has 0 aromatic heterocycles. The third kappa shape index (κ3) is 2.89. The lowest BCUT2D eigenvalue weighted by Gasteiger charge is -2.27. The summed E-state index contributed by atoms with van der Waals surface area (Å²) in [7, 11) is 0. The van der Waals surface area contributed by atoms with Crippen LogP contribution in [0, 0.1) is 18.7 Å². The molecular formula is C15H20FNO. The minimum atomic E-state index is -0.290. The average Bonchev–Trinajstić information content (AvgIpc) is 3.08. The molecule has 1 fully saturated rings. The van der Waals surface area contributed by atoms with Crippen molar-refractivity contribution in [1.29, 1.82) is 0 Å². The number of hydrogen-bond acceptors (Lipinski definition) is 1. The molecule has 0 bridgehead atoms. The molecule has 18 heavy (non-hydrogen) atoms. The Morgan fingerprint density at radius 1 is 1.44 bits per heavy atom. The smallest absolute Gasteiger partial charge is 0.254 e. The van der Waals surface area contributed by atoms with Crippen molar-refractivity contribution in [3.63, 3.8) is 0 Å². The molecule has 0 radical (unpaired) electrons. The molecule has 2 rings (SSSR count). The summed E-state index contributed by atoms with van der Waals surface area (Å²) in [5.74, 6) is 0.397. The van der Waals surface area contributed by atoms with E-state index in [0.717, 1.165) is 6.54 Å². The van der Waals surface area contributed by atoms with Crippen LogP contribution < -0.4 is 0 Å². The molecule has 98 valence electrons. The first-order valence-corrected chi connectivity index (χ1v) is 6.56. The quantitative estimate of drug-likeness (QED) is 0.801. The lowest BCUT2D eigenvalue weighted by molar-refractivity contribution is 0.0695. The third-order valence-corrected chi connectivity index (χ3v) is 3.45. The summed E-state index contributed by atoms with van der Waals surface area (Å²) in [6.07, 6.45) is 2.44. The van der Waals surface area contributed by atoms with Gasteiger partial charge in [-0.2, -0.15) is 0 Å². The van der Waals surface area contributed by atoms with Gasteiger partial charge in [0.1, 0.15) is 5.82 Å². The van der Waals surface area contributed by atoms with Crippen molar-refractivity contribution in [2.24, 2.45) is 5.92 Å². The van der Waals surface area contributed by atoms with Crippen LogP contribution in [-0.4, -0.2) is 23.4 Å². The highest BCUT2D eigenvalue weighted by atomic mass is 19.1. The topological polar surface area (TPSA) is 20.3 Å². The molecule has 2 nitrogen and oxygen atoms in total. The van der Waals surface area contributed by atoms with Crippen LogP contribution in [0.5, 0.6) is 0 Å². The van der Waals surface area contributed by atoms with Crippen molar-refractivity contribution >= 4 is 5.91 Å². The SMILES string of the molecule is Cc1cc(F)ccc1C(=O)N(CC1CC1)C(C)C. The Morgan fingerprint density at radius 3 is 2.61 bits per heavy atom. The summed E-state index contributed by atoms with van der Waals surface area (Å²) in [5, 5.41) is 0. The number of carbonyl (C=O) groups is 1.